The number of aromatic nitrogens is 7. The zero-order valence-electron chi connectivity index (χ0n) is 31.1. The summed E-state index contributed by atoms with van der Waals surface area (Å²) in [4.78, 5) is 59.8. The number of hydrogen-bond donors (Lipinski definition) is 3. The van der Waals surface area contributed by atoms with E-state index in [0.717, 1.165) is 62.2 Å². The molecule has 0 aliphatic carbocycles. The van der Waals surface area contributed by atoms with Crippen molar-refractivity contribution in [1.29, 1.82) is 0 Å². The zero-order valence-corrected chi connectivity index (χ0v) is 31.1. The van der Waals surface area contributed by atoms with Crippen molar-refractivity contribution in [3.8, 4) is 5.69 Å². The highest BCUT2D eigenvalue weighted by molar-refractivity contribution is 6.08. The molecule has 0 radical (unpaired) electrons. The molecular formula is C39H40F2N12O4. The number of alkyl halides is 2. The summed E-state index contributed by atoms with van der Waals surface area (Å²) in [6.45, 7) is 5.27. The molecule has 1 unspecified atom stereocenters. The first kappa shape index (κ1) is 36.4. The second-order valence-corrected chi connectivity index (χ2v) is 15.4. The maximum atomic E-state index is 14.0. The Morgan fingerprint density at radius 3 is 2.54 bits per heavy atom. The molecule has 4 N–H and O–H groups in total. The van der Waals surface area contributed by atoms with Crippen molar-refractivity contribution in [3.05, 3.63) is 100.0 Å². The molecule has 0 saturated carbocycles. The van der Waals surface area contributed by atoms with Gasteiger partial charge in [0.1, 0.15) is 17.4 Å². The van der Waals surface area contributed by atoms with Crippen LogP contribution < -0.4 is 22.1 Å². The minimum atomic E-state index is -2.92. The average Bonchev–Trinajstić information content (AvgIpc) is 3.87. The van der Waals surface area contributed by atoms with Crippen LogP contribution in [0.15, 0.2) is 71.9 Å². The Labute approximate surface area is 323 Å². The molecule has 57 heavy (non-hydrogen) atoms. The van der Waals surface area contributed by atoms with Crippen LogP contribution in [0.4, 0.5) is 20.3 Å². The van der Waals surface area contributed by atoms with Crippen LogP contribution in [0.2, 0.25) is 0 Å². The smallest absolute Gasteiger partial charge is 0.329 e. The number of nitrogens with one attached hydrogen (secondary N) is 2. The minimum absolute atomic E-state index is 0.0846. The van der Waals surface area contributed by atoms with Gasteiger partial charge in [-0.1, -0.05) is 24.3 Å². The van der Waals surface area contributed by atoms with E-state index in [2.05, 4.69) is 35.6 Å². The van der Waals surface area contributed by atoms with Crippen molar-refractivity contribution in [2.75, 3.05) is 37.2 Å². The molecule has 3 saturated heterocycles. The molecule has 3 amide bonds. The van der Waals surface area contributed by atoms with E-state index in [4.69, 9.17) is 5.73 Å². The summed E-state index contributed by atoms with van der Waals surface area (Å²) in [7, 11) is 1.73. The quantitative estimate of drug-likeness (QED) is 0.184. The summed E-state index contributed by atoms with van der Waals surface area (Å²) in [6, 6.07) is 14.2. The molecule has 3 aliphatic heterocycles. The van der Waals surface area contributed by atoms with Gasteiger partial charge < -0.3 is 11.1 Å². The fourth-order valence-corrected chi connectivity index (χ4v) is 8.66. The van der Waals surface area contributed by atoms with E-state index in [1.54, 1.807) is 17.8 Å². The lowest BCUT2D eigenvalue weighted by atomic mass is 9.72. The van der Waals surface area contributed by atoms with Crippen LogP contribution in [0, 0.1) is 5.41 Å². The van der Waals surface area contributed by atoms with Gasteiger partial charge in [-0.3, -0.25) is 38.6 Å². The van der Waals surface area contributed by atoms with Gasteiger partial charge in [-0.2, -0.15) is 10.2 Å². The van der Waals surface area contributed by atoms with E-state index in [-0.39, 0.29) is 46.1 Å². The molecule has 2 aromatic carbocycles. The van der Waals surface area contributed by atoms with Gasteiger partial charge in [-0.15, -0.1) is 0 Å². The number of amides is 3. The van der Waals surface area contributed by atoms with Crippen LogP contribution in [0.1, 0.15) is 65.3 Å². The van der Waals surface area contributed by atoms with E-state index < -0.39 is 30.0 Å². The first-order valence-corrected chi connectivity index (χ1v) is 18.8. The van der Waals surface area contributed by atoms with Gasteiger partial charge in [0.15, 0.2) is 11.3 Å². The number of fused-ring (bicyclic) bond motifs is 2. The second kappa shape index (κ2) is 14.0. The number of hydrogen-bond acceptors (Lipinski definition) is 10. The molecule has 3 aliphatic rings. The molecule has 1 atom stereocenters. The first-order valence-electron chi connectivity index (χ1n) is 18.8. The number of rotatable bonds is 9. The standard InChI is InChI=1S/C39H40F2N12O4/c1-48-33-24(3-2-4-28(33)53(38(48)57)29-9-10-31(54)46-37(29)56)19-50-21-39(22-50)12-15-49(16-13-39)18-23-5-7-25(8-6-23)52-20-27(32(47-52)34(40)41)44-36(55)26-17-43-51-14-11-30(42)45-35(26)51/h2-8,11,14,17,20,29,34H,9-10,12-13,15-16,18-19,21-22H2,1H3,(H2,42,45)(H,44,55)(H,46,54,56). The molecule has 3 fully saturated rings. The SMILES string of the molecule is Cn1c(=O)n(C2CCC(=O)NC2=O)c2cccc(CN3CC4(CCN(Cc5ccc(-n6cc(NC(=O)c7cnn8ccc(N)nc78)c(C(F)F)n6)cc5)CC4)C3)c21. The molecule has 4 aromatic heterocycles. The first-order chi connectivity index (χ1) is 27.4. The fourth-order valence-electron chi connectivity index (χ4n) is 8.66. The summed E-state index contributed by atoms with van der Waals surface area (Å²) < 4.78 is 33.9. The van der Waals surface area contributed by atoms with Gasteiger partial charge in [-0.05, 0) is 73.2 Å². The number of nitrogens with zero attached hydrogens (tertiary/aromatic N) is 9. The predicted molar refractivity (Wildman–Crippen MR) is 205 cm³/mol. The molecule has 9 rings (SSSR count). The number of nitrogen functional groups attached to an aromatic ring is 1. The maximum Gasteiger partial charge on any atom is 0.329 e. The van der Waals surface area contributed by atoms with Crippen LogP contribution in [0.25, 0.3) is 22.4 Å². The number of imidazole rings is 1. The lowest BCUT2D eigenvalue weighted by Gasteiger charge is -2.54. The van der Waals surface area contributed by atoms with E-state index in [1.165, 1.54) is 32.2 Å². The topological polar surface area (TPSA) is 183 Å². The van der Waals surface area contributed by atoms with E-state index in [9.17, 15) is 28.0 Å². The minimum Gasteiger partial charge on any atom is -0.384 e. The monoisotopic (exact) mass is 778 g/mol. The Morgan fingerprint density at radius 1 is 1.04 bits per heavy atom. The van der Waals surface area contributed by atoms with Gasteiger partial charge in [0.05, 0.1) is 34.8 Å². The highest BCUT2D eigenvalue weighted by Gasteiger charge is 2.44. The Kier molecular flexibility index (Phi) is 8.96. The highest BCUT2D eigenvalue weighted by atomic mass is 19.3. The molecule has 0 bridgehead atoms. The number of benzene rings is 2. The van der Waals surface area contributed by atoms with E-state index in [1.807, 2.05) is 42.5 Å². The summed E-state index contributed by atoms with van der Waals surface area (Å²) >= 11 is 0. The van der Waals surface area contributed by atoms with Crippen LogP contribution in [-0.4, -0.2) is 87.2 Å². The van der Waals surface area contributed by atoms with Crippen LogP contribution in [0.3, 0.4) is 0 Å². The lowest BCUT2D eigenvalue weighted by molar-refractivity contribution is -0.135. The predicted octanol–water partition coefficient (Wildman–Crippen LogP) is 3.42. The summed E-state index contributed by atoms with van der Waals surface area (Å²) in [5, 5.41) is 13.1. The third-order valence-corrected chi connectivity index (χ3v) is 11.6. The third kappa shape index (κ3) is 6.63. The van der Waals surface area contributed by atoms with Gasteiger partial charge in [0, 0.05) is 45.8 Å². The molecule has 6 aromatic rings. The number of carbonyl (C=O) groups excluding carboxylic acids is 3. The largest absolute Gasteiger partial charge is 0.384 e. The summed E-state index contributed by atoms with van der Waals surface area (Å²) in [5.41, 5.74) is 9.55. The number of likely N-dealkylation sites (tertiary alicyclic amines) is 2. The van der Waals surface area contributed by atoms with Crippen molar-refractivity contribution in [1.82, 2.24) is 48.6 Å². The van der Waals surface area contributed by atoms with Crippen LogP contribution in [0.5, 0.6) is 0 Å². The van der Waals surface area contributed by atoms with Crippen molar-refractivity contribution in [2.24, 2.45) is 12.5 Å². The number of halogens is 2. The van der Waals surface area contributed by atoms with E-state index in [0.29, 0.717) is 24.2 Å². The van der Waals surface area contributed by atoms with Gasteiger partial charge in [0.25, 0.3) is 12.3 Å². The number of para-hydroxylation sites is 1. The van der Waals surface area contributed by atoms with Crippen LogP contribution in [-0.2, 0) is 29.7 Å². The number of imide groups is 1. The van der Waals surface area contributed by atoms with Crippen molar-refractivity contribution in [2.45, 2.75) is 51.2 Å². The Bertz CT molecular complexity index is 2610. The molecule has 1 spiro atoms. The Morgan fingerprint density at radius 2 is 1.81 bits per heavy atom. The molecule has 294 valence electrons. The highest BCUT2D eigenvalue weighted by Crippen LogP contribution is 2.42. The molecule has 18 heteroatoms. The Hall–Kier alpha value is -6.27. The summed E-state index contributed by atoms with van der Waals surface area (Å²) in [5.74, 6) is -1.23. The molecule has 7 heterocycles. The molecular weight excluding hydrogens is 739 g/mol. The lowest BCUT2D eigenvalue weighted by Crippen LogP contribution is -2.59. The second-order valence-electron chi connectivity index (χ2n) is 15.4. The normalized spacial score (nSPS) is 18.8. The van der Waals surface area contributed by atoms with Gasteiger partial charge >= 0.3 is 5.69 Å². The van der Waals surface area contributed by atoms with E-state index >= 15 is 0 Å². The zero-order chi connectivity index (χ0) is 39.6. The molecule has 16 nitrogen and oxygen atoms in total. The summed E-state index contributed by atoms with van der Waals surface area (Å²) in [6.07, 6.45) is 3.92. The van der Waals surface area contributed by atoms with Crippen molar-refractivity contribution in [3.63, 3.8) is 0 Å². The maximum absolute atomic E-state index is 14.0. The number of aryl methyl sites for hydroxylation is 1. The number of anilines is 2. The number of carbonyl (C=O) groups is 3. The third-order valence-electron chi connectivity index (χ3n) is 11.6. The number of nitrogens with two attached hydrogens (primary N) is 1. The number of piperidine rings is 2. The fraction of sp³-hybridized carbons (Fsp3) is 0.359. The average molecular weight is 779 g/mol. The van der Waals surface area contributed by atoms with Crippen molar-refractivity contribution < 1.29 is 23.2 Å². The van der Waals surface area contributed by atoms with Crippen LogP contribution >= 0.6 is 0 Å². The van der Waals surface area contributed by atoms with Gasteiger partial charge in [0.2, 0.25) is 11.8 Å². The van der Waals surface area contributed by atoms with Crippen molar-refractivity contribution >= 4 is 45.9 Å². The van der Waals surface area contributed by atoms with Gasteiger partial charge in [-0.25, -0.2) is 27.8 Å². The Balaban J connectivity index is 0.805.